The topological polar surface area (TPSA) is 46.0 Å². The van der Waals surface area contributed by atoms with Gasteiger partial charge in [0.2, 0.25) is 0 Å². The lowest BCUT2D eigenvalue weighted by Gasteiger charge is -2.13. The summed E-state index contributed by atoms with van der Waals surface area (Å²) in [5.74, 6) is 0.823. The molecule has 2 atom stereocenters. The van der Waals surface area contributed by atoms with Gasteiger partial charge >= 0.3 is 0 Å². The first-order chi connectivity index (χ1) is 7.70. The lowest BCUT2D eigenvalue weighted by atomic mass is 10.2. The van der Waals surface area contributed by atoms with Crippen LogP contribution < -0.4 is 3.53 Å². The molecule has 2 rings (SSSR count). The van der Waals surface area contributed by atoms with Crippen LogP contribution in [0.2, 0.25) is 0 Å². The molecule has 4 nitrogen and oxygen atoms in total. The predicted molar refractivity (Wildman–Crippen MR) is 74.0 cm³/mol. The Morgan fingerprint density at radius 1 is 1.69 bits per heavy atom. The summed E-state index contributed by atoms with van der Waals surface area (Å²) in [5.41, 5.74) is 0.985. The van der Waals surface area contributed by atoms with E-state index in [1.165, 1.54) is 0 Å². The van der Waals surface area contributed by atoms with Gasteiger partial charge in [0.25, 0.3) is 0 Å². The minimum absolute atomic E-state index is 0.242. The summed E-state index contributed by atoms with van der Waals surface area (Å²) in [6.07, 6.45) is 2.16. The van der Waals surface area contributed by atoms with Gasteiger partial charge in [-0.25, -0.2) is 3.15 Å². The Labute approximate surface area is 111 Å². The monoisotopic (exact) mass is 355 g/mol. The Morgan fingerprint density at radius 3 is 3.12 bits per heavy atom. The van der Waals surface area contributed by atoms with E-state index in [9.17, 15) is 0 Å². The molecule has 0 aromatic carbocycles. The first-order valence-electron chi connectivity index (χ1n) is 5.39. The zero-order valence-corrected chi connectivity index (χ0v) is 12.2. The number of hydrogen-bond donors (Lipinski definition) is 1. The molecule has 0 bridgehead atoms. The lowest BCUT2D eigenvalue weighted by Crippen LogP contribution is -2.21. The van der Waals surface area contributed by atoms with Crippen molar-refractivity contribution in [3.8, 4) is 0 Å². The van der Waals surface area contributed by atoms with Gasteiger partial charge in [-0.1, -0.05) is 18.5 Å². The van der Waals surface area contributed by atoms with E-state index in [-0.39, 0.29) is 27.3 Å². The highest BCUT2D eigenvalue weighted by molar-refractivity contribution is 14.1. The van der Waals surface area contributed by atoms with Crippen molar-refractivity contribution >= 4 is 38.7 Å². The Bertz CT molecular complexity index is 367. The van der Waals surface area contributed by atoms with Crippen molar-refractivity contribution < 1.29 is 4.74 Å². The van der Waals surface area contributed by atoms with Crippen LogP contribution in [0.4, 0.5) is 0 Å². The number of hydrogen-bond acceptors (Lipinski definition) is 3. The summed E-state index contributed by atoms with van der Waals surface area (Å²) in [6, 6.07) is 0.242. The van der Waals surface area contributed by atoms with Crippen LogP contribution >= 0.6 is 32.9 Å². The van der Waals surface area contributed by atoms with E-state index in [1.807, 2.05) is 0 Å². The Morgan fingerprint density at radius 2 is 2.50 bits per heavy atom. The summed E-state index contributed by atoms with van der Waals surface area (Å²) in [5, 5.41) is 0.688. The highest BCUT2D eigenvalue weighted by Gasteiger charge is 2.23. The number of amidine groups is 1. The van der Waals surface area contributed by atoms with E-state index >= 15 is 0 Å². The first kappa shape index (κ1) is 12.4. The van der Waals surface area contributed by atoms with Gasteiger partial charge in [-0.15, -0.1) is 0 Å². The van der Waals surface area contributed by atoms with Crippen LogP contribution in [0, 0.1) is 0 Å². The third kappa shape index (κ3) is 2.81. The number of halogens is 2. The summed E-state index contributed by atoms with van der Waals surface area (Å²) < 4.78 is 13.1. The normalized spacial score (nSPS) is 32.8. The standard InChI is InChI=1S/C10H15ClIN3O/c1-3-8-9(11)10(15-12-14-8)13-7-4-6(2)16-5-7/h6-7H,3-5H2,1-2H3,(H,13,14,15). The van der Waals surface area contributed by atoms with E-state index in [4.69, 9.17) is 16.3 Å². The molecule has 0 radical (unpaired) electrons. The van der Waals surface area contributed by atoms with Gasteiger partial charge in [0, 0.05) is 0 Å². The third-order valence-electron chi connectivity index (χ3n) is 2.56. The lowest BCUT2D eigenvalue weighted by molar-refractivity contribution is 0.124. The van der Waals surface area contributed by atoms with Crippen LogP contribution in [0.1, 0.15) is 26.7 Å². The fraction of sp³-hybridized carbons (Fsp3) is 0.700. The van der Waals surface area contributed by atoms with E-state index in [1.54, 1.807) is 0 Å². The Kier molecular flexibility index (Phi) is 4.32. The molecule has 6 heteroatoms. The molecule has 1 saturated heterocycles. The number of nitrogens with one attached hydrogen (secondary N) is 1. The first-order valence-corrected chi connectivity index (χ1v) is 7.81. The molecule has 2 unspecified atom stereocenters. The van der Waals surface area contributed by atoms with Crippen molar-refractivity contribution in [2.75, 3.05) is 6.61 Å². The van der Waals surface area contributed by atoms with Crippen LogP contribution in [-0.2, 0) is 4.74 Å². The number of rotatable bonds is 2. The van der Waals surface area contributed by atoms with E-state index in [0.29, 0.717) is 17.7 Å². The van der Waals surface area contributed by atoms with E-state index in [2.05, 4.69) is 25.5 Å². The highest BCUT2D eigenvalue weighted by Crippen LogP contribution is 2.25. The predicted octanol–water partition coefficient (Wildman–Crippen LogP) is 3.10. The minimum atomic E-state index is -0.372. The summed E-state index contributed by atoms with van der Waals surface area (Å²) >= 11 is 5.86. The molecule has 90 valence electrons. The van der Waals surface area contributed by atoms with Gasteiger partial charge in [0.1, 0.15) is 26.3 Å². The second kappa shape index (κ2) is 5.55. The van der Waals surface area contributed by atoms with E-state index < -0.39 is 0 Å². The van der Waals surface area contributed by atoms with Crippen LogP contribution in [-0.4, -0.2) is 24.6 Å². The van der Waals surface area contributed by atoms with Crippen molar-refractivity contribution in [2.24, 2.45) is 8.14 Å². The van der Waals surface area contributed by atoms with Crippen LogP contribution in [0.25, 0.3) is 0 Å². The molecule has 16 heavy (non-hydrogen) atoms. The van der Waals surface area contributed by atoms with Crippen molar-refractivity contribution in [2.45, 2.75) is 38.8 Å². The Balaban J connectivity index is 2.13. The smallest absolute Gasteiger partial charge is 0.151 e. The van der Waals surface area contributed by atoms with Gasteiger partial charge in [-0.05, 0) is 19.8 Å². The molecule has 0 aromatic heterocycles. The molecule has 1 fully saturated rings. The van der Waals surface area contributed by atoms with Crippen molar-refractivity contribution in [1.29, 1.82) is 0 Å². The zero-order chi connectivity index (χ0) is 11.5. The van der Waals surface area contributed by atoms with Crippen molar-refractivity contribution in [1.82, 2.24) is 3.53 Å². The number of nitrogens with zero attached hydrogens (tertiary/aromatic N) is 2. The minimum Gasteiger partial charge on any atom is -0.376 e. The summed E-state index contributed by atoms with van der Waals surface area (Å²) in [4.78, 5) is 4.62. The molecule has 0 amide bonds. The van der Waals surface area contributed by atoms with Crippen LogP contribution in [0.15, 0.2) is 18.9 Å². The maximum absolute atomic E-state index is 6.23. The van der Waals surface area contributed by atoms with Gasteiger partial charge in [0.15, 0.2) is 5.84 Å². The molecule has 2 aliphatic heterocycles. The van der Waals surface area contributed by atoms with Gasteiger partial charge in [0.05, 0.1) is 24.4 Å². The van der Waals surface area contributed by atoms with Crippen molar-refractivity contribution in [3.05, 3.63) is 10.7 Å². The summed E-state index contributed by atoms with van der Waals surface area (Å²) in [7, 11) is 0. The molecule has 2 aliphatic rings. The molecule has 0 spiro atoms. The van der Waals surface area contributed by atoms with Crippen LogP contribution in [0.5, 0.6) is 0 Å². The second-order valence-electron chi connectivity index (χ2n) is 3.89. The fourth-order valence-electron chi connectivity index (χ4n) is 1.69. The van der Waals surface area contributed by atoms with Gasteiger partial charge in [-0.3, -0.25) is 4.99 Å². The third-order valence-corrected chi connectivity index (χ3v) is 4.53. The molecule has 0 saturated carbocycles. The molecule has 2 heterocycles. The fourth-order valence-corrected chi connectivity index (χ4v) is 3.90. The van der Waals surface area contributed by atoms with Gasteiger partial charge in [-0.2, -0.15) is 0 Å². The van der Waals surface area contributed by atoms with Crippen LogP contribution in [0.3, 0.4) is 0 Å². The number of allylic oxidation sites excluding steroid dienone is 1. The highest BCUT2D eigenvalue weighted by atomic mass is 127. The van der Waals surface area contributed by atoms with Gasteiger partial charge < -0.3 is 8.27 Å². The Hall–Kier alpha value is -0.0100. The number of aliphatic imine (C=N–C) groups is 1. The molecular weight excluding hydrogens is 340 g/mol. The summed E-state index contributed by atoms with van der Waals surface area (Å²) in [6.45, 7) is 4.84. The van der Waals surface area contributed by atoms with E-state index in [0.717, 1.165) is 24.4 Å². The molecule has 1 N–H and O–H groups in total. The average molecular weight is 356 g/mol. The molecule has 0 aromatic rings. The quantitative estimate of drug-likeness (QED) is 0.611. The molecular formula is C10H15ClIN3O. The maximum Gasteiger partial charge on any atom is 0.151 e. The SMILES string of the molecule is CCC1=C(Cl)C(=NC2COC(C)C2)NI=N1. The number of ether oxygens (including phenoxy) is 1. The average Bonchev–Trinajstić information content (AvgIpc) is 2.67. The molecule has 0 aliphatic carbocycles. The van der Waals surface area contributed by atoms with Crippen molar-refractivity contribution in [3.63, 3.8) is 0 Å². The zero-order valence-electron chi connectivity index (χ0n) is 9.33. The largest absolute Gasteiger partial charge is 0.376 e. The maximum atomic E-state index is 6.23. The second-order valence-corrected chi connectivity index (χ2v) is 5.77.